The smallest absolute Gasteiger partial charge is 0.253 e. The molecule has 0 saturated heterocycles. The quantitative estimate of drug-likeness (QED) is 0.704. The lowest BCUT2D eigenvalue weighted by Gasteiger charge is -2.33. The molecule has 0 fully saturated rings. The second-order valence-corrected chi connectivity index (χ2v) is 7.41. The van der Waals surface area contributed by atoms with E-state index in [0.29, 0.717) is 11.5 Å². The van der Waals surface area contributed by atoms with Gasteiger partial charge in [0.2, 0.25) is 0 Å². The van der Waals surface area contributed by atoms with Crippen molar-refractivity contribution in [3.05, 3.63) is 66.0 Å². The first kappa shape index (κ1) is 17.2. The molecule has 0 aliphatic heterocycles. The van der Waals surface area contributed by atoms with Gasteiger partial charge in [0.25, 0.3) is 5.91 Å². The number of nitrogens with zero attached hydrogens (tertiary/aromatic N) is 1. The summed E-state index contributed by atoms with van der Waals surface area (Å²) in [4.78, 5) is 20.2. The highest BCUT2D eigenvalue weighted by Crippen LogP contribution is 2.23. The molecule has 2 aromatic heterocycles. The lowest BCUT2D eigenvalue weighted by molar-refractivity contribution is 0.0894. The van der Waals surface area contributed by atoms with E-state index in [9.17, 15) is 4.79 Å². The lowest BCUT2D eigenvalue weighted by atomic mass is 9.84. The maximum absolute atomic E-state index is 12.8. The average Bonchev–Trinajstić information content (AvgIpc) is 3.02. The minimum atomic E-state index is -0.306. The molecule has 0 aliphatic carbocycles. The van der Waals surface area contributed by atoms with Gasteiger partial charge in [-0.1, -0.05) is 44.2 Å². The van der Waals surface area contributed by atoms with E-state index in [1.165, 1.54) is 5.56 Å². The van der Waals surface area contributed by atoms with Crippen molar-refractivity contribution in [2.45, 2.75) is 39.2 Å². The summed E-state index contributed by atoms with van der Waals surface area (Å²) in [6.45, 7) is 6.49. The molecule has 25 heavy (non-hydrogen) atoms. The maximum Gasteiger partial charge on any atom is 0.253 e. The van der Waals surface area contributed by atoms with Crippen molar-refractivity contribution < 1.29 is 4.79 Å². The van der Waals surface area contributed by atoms with Crippen molar-refractivity contribution in [3.63, 3.8) is 0 Å². The Morgan fingerprint density at radius 3 is 2.72 bits per heavy atom. The fraction of sp³-hybridized carbons (Fsp3) is 0.333. The van der Waals surface area contributed by atoms with E-state index < -0.39 is 0 Å². The van der Waals surface area contributed by atoms with Gasteiger partial charge in [-0.15, -0.1) is 0 Å². The summed E-state index contributed by atoms with van der Waals surface area (Å²) in [5.74, 6) is 0.411. The van der Waals surface area contributed by atoms with Gasteiger partial charge in [-0.3, -0.25) is 4.79 Å². The van der Waals surface area contributed by atoms with Crippen LogP contribution in [0.15, 0.2) is 54.9 Å². The highest BCUT2D eigenvalue weighted by atomic mass is 16.1. The number of aromatic amines is 1. The van der Waals surface area contributed by atoms with E-state index in [-0.39, 0.29) is 11.4 Å². The molecular formula is C21H25N3O. The average molecular weight is 335 g/mol. The van der Waals surface area contributed by atoms with Gasteiger partial charge in [0.15, 0.2) is 0 Å². The van der Waals surface area contributed by atoms with Gasteiger partial charge in [-0.05, 0) is 43.4 Å². The van der Waals surface area contributed by atoms with Crippen LogP contribution in [0.25, 0.3) is 11.0 Å². The second kappa shape index (κ2) is 7.09. The van der Waals surface area contributed by atoms with Crippen molar-refractivity contribution in [1.82, 2.24) is 15.3 Å². The molecule has 4 heteroatoms. The molecule has 0 saturated carbocycles. The monoisotopic (exact) mass is 335 g/mol. The molecular weight excluding hydrogens is 310 g/mol. The van der Waals surface area contributed by atoms with Crippen molar-refractivity contribution in [3.8, 4) is 0 Å². The first-order valence-electron chi connectivity index (χ1n) is 8.75. The SMILES string of the molecule is CC(C)CC(C)(Cc1ccccc1)NC(=O)c1cnc2[nH]ccc2c1. The number of hydrogen-bond acceptors (Lipinski definition) is 2. The number of pyridine rings is 1. The molecule has 0 aliphatic rings. The summed E-state index contributed by atoms with van der Waals surface area (Å²) in [6.07, 6.45) is 5.18. The highest BCUT2D eigenvalue weighted by molar-refractivity contribution is 5.97. The van der Waals surface area contributed by atoms with Gasteiger partial charge in [0, 0.05) is 23.3 Å². The van der Waals surface area contributed by atoms with Crippen LogP contribution in [-0.2, 0) is 6.42 Å². The lowest BCUT2D eigenvalue weighted by Crippen LogP contribution is -2.48. The molecule has 1 amide bonds. The van der Waals surface area contributed by atoms with E-state index in [1.807, 2.05) is 36.5 Å². The number of benzene rings is 1. The normalized spacial score (nSPS) is 13.8. The number of nitrogens with one attached hydrogen (secondary N) is 2. The third-order valence-electron chi connectivity index (χ3n) is 4.37. The molecule has 3 rings (SSSR count). The van der Waals surface area contributed by atoms with Crippen LogP contribution in [0.2, 0.25) is 0 Å². The summed E-state index contributed by atoms with van der Waals surface area (Å²) in [7, 11) is 0. The molecule has 4 nitrogen and oxygen atoms in total. The Morgan fingerprint density at radius 2 is 2.00 bits per heavy atom. The number of rotatable bonds is 6. The number of amides is 1. The molecule has 1 aromatic carbocycles. The van der Waals surface area contributed by atoms with Crippen LogP contribution in [-0.4, -0.2) is 21.4 Å². The van der Waals surface area contributed by atoms with E-state index in [1.54, 1.807) is 6.20 Å². The van der Waals surface area contributed by atoms with Crippen LogP contribution in [0, 0.1) is 5.92 Å². The number of H-pyrrole nitrogens is 1. The highest BCUT2D eigenvalue weighted by Gasteiger charge is 2.28. The fourth-order valence-corrected chi connectivity index (χ4v) is 3.53. The molecule has 3 aromatic rings. The standard InChI is InChI=1S/C21H25N3O/c1-15(2)12-21(3,13-16-7-5-4-6-8-16)24-20(25)18-11-17-9-10-22-19(17)23-14-18/h4-11,14-15H,12-13H2,1-3H3,(H,22,23)(H,24,25). The van der Waals surface area contributed by atoms with Crippen LogP contribution in [0.5, 0.6) is 0 Å². The van der Waals surface area contributed by atoms with Gasteiger partial charge in [0.05, 0.1) is 5.56 Å². The van der Waals surface area contributed by atoms with Crippen LogP contribution < -0.4 is 5.32 Å². The molecule has 1 atom stereocenters. The maximum atomic E-state index is 12.8. The summed E-state index contributed by atoms with van der Waals surface area (Å²) in [6, 6.07) is 14.1. The fourth-order valence-electron chi connectivity index (χ4n) is 3.53. The van der Waals surface area contributed by atoms with Gasteiger partial charge in [-0.2, -0.15) is 0 Å². The predicted molar refractivity (Wildman–Crippen MR) is 102 cm³/mol. The van der Waals surface area contributed by atoms with E-state index >= 15 is 0 Å². The Labute approximate surface area is 148 Å². The largest absolute Gasteiger partial charge is 0.346 e. The molecule has 2 N–H and O–H groups in total. The van der Waals surface area contributed by atoms with Crippen molar-refractivity contribution in [1.29, 1.82) is 0 Å². The zero-order valence-corrected chi connectivity index (χ0v) is 15.0. The van der Waals surface area contributed by atoms with E-state index in [0.717, 1.165) is 23.9 Å². The van der Waals surface area contributed by atoms with E-state index in [2.05, 4.69) is 48.2 Å². The van der Waals surface area contributed by atoms with Crippen LogP contribution in [0.4, 0.5) is 0 Å². The molecule has 1 unspecified atom stereocenters. The summed E-state index contributed by atoms with van der Waals surface area (Å²) < 4.78 is 0. The number of aromatic nitrogens is 2. The Kier molecular flexibility index (Phi) is 4.88. The zero-order valence-electron chi connectivity index (χ0n) is 15.0. The molecule has 130 valence electrons. The molecule has 0 radical (unpaired) electrons. The Morgan fingerprint density at radius 1 is 1.24 bits per heavy atom. The van der Waals surface area contributed by atoms with Crippen molar-refractivity contribution in [2.75, 3.05) is 0 Å². The minimum absolute atomic E-state index is 0.0744. The first-order valence-corrected chi connectivity index (χ1v) is 8.75. The van der Waals surface area contributed by atoms with Crippen LogP contribution in [0.3, 0.4) is 0 Å². The summed E-state index contributed by atoms with van der Waals surface area (Å²) in [5, 5.41) is 4.20. The predicted octanol–water partition coefficient (Wildman–Crippen LogP) is 4.34. The van der Waals surface area contributed by atoms with Crippen molar-refractivity contribution in [2.24, 2.45) is 5.92 Å². The summed E-state index contributed by atoms with van der Waals surface area (Å²) >= 11 is 0. The zero-order chi connectivity index (χ0) is 17.9. The topological polar surface area (TPSA) is 57.8 Å². The summed E-state index contributed by atoms with van der Waals surface area (Å²) in [5.41, 5.74) is 2.31. The van der Waals surface area contributed by atoms with Crippen molar-refractivity contribution >= 4 is 16.9 Å². The first-order chi connectivity index (χ1) is 12.0. The van der Waals surface area contributed by atoms with Crippen LogP contribution in [0.1, 0.15) is 43.1 Å². The molecule has 2 heterocycles. The van der Waals surface area contributed by atoms with Crippen LogP contribution >= 0.6 is 0 Å². The Balaban J connectivity index is 1.82. The molecule has 0 bridgehead atoms. The molecule has 0 spiro atoms. The number of carbonyl (C=O) groups excluding carboxylic acids is 1. The van der Waals surface area contributed by atoms with Gasteiger partial charge < -0.3 is 10.3 Å². The Bertz CT molecular complexity index is 854. The minimum Gasteiger partial charge on any atom is -0.346 e. The van der Waals surface area contributed by atoms with Gasteiger partial charge >= 0.3 is 0 Å². The third-order valence-corrected chi connectivity index (χ3v) is 4.37. The van der Waals surface area contributed by atoms with Gasteiger partial charge in [0.1, 0.15) is 5.65 Å². The second-order valence-electron chi connectivity index (χ2n) is 7.41. The van der Waals surface area contributed by atoms with E-state index in [4.69, 9.17) is 0 Å². The Hall–Kier alpha value is -2.62. The van der Waals surface area contributed by atoms with Gasteiger partial charge in [-0.25, -0.2) is 4.98 Å². The number of carbonyl (C=O) groups is 1. The third kappa shape index (κ3) is 4.27. The number of hydrogen-bond donors (Lipinski definition) is 2. The number of fused-ring (bicyclic) bond motifs is 1.